The zero-order valence-electron chi connectivity index (χ0n) is 18.1. The number of nitrogens with zero attached hydrogens (tertiary/aromatic N) is 1. The minimum absolute atomic E-state index is 0.0652. The molecule has 5 nitrogen and oxygen atoms in total. The summed E-state index contributed by atoms with van der Waals surface area (Å²) in [4.78, 5) is 12.8. The van der Waals surface area contributed by atoms with Gasteiger partial charge in [-0.2, -0.15) is 5.26 Å². The van der Waals surface area contributed by atoms with Gasteiger partial charge in [0.25, 0.3) is 0 Å². The van der Waals surface area contributed by atoms with E-state index in [1.165, 1.54) is 0 Å². The molecule has 0 saturated carbocycles. The van der Waals surface area contributed by atoms with Gasteiger partial charge in [-0.1, -0.05) is 13.8 Å². The molecule has 0 heterocycles. The van der Waals surface area contributed by atoms with Gasteiger partial charge < -0.3 is 14.8 Å². The molecule has 0 fully saturated rings. The van der Waals surface area contributed by atoms with Crippen molar-refractivity contribution >= 4 is 11.7 Å². The average Bonchev–Trinajstić information content (AvgIpc) is 2.66. The van der Waals surface area contributed by atoms with E-state index in [0.29, 0.717) is 12.2 Å². The van der Waals surface area contributed by atoms with E-state index in [0.717, 1.165) is 28.1 Å². The van der Waals surface area contributed by atoms with Crippen LogP contribution in [0.5, 0.6) is 5.75 Å². The Bertz CT molecular complexity index is 880. The van der Waals surface area contributed by atoms with Crippen molar-refractivity contribution in [2.75, 3.05) is 11.9 Å². The van der Waals surface area contributed by atoms with Gasteiger partial charge in [-0.25, -0.2) is 4.79 Å². The number of nitriles is 1. The van der Waals surface area contributed by atoms with Gasteiger partial charge in [-0.05, 0) is 86.7 Å². The van der Waals surface area contributed by atoms with Crippen LogP contribution in [0.15, 0.2) is 36.4 Å². The number of anilines is 1. The largest absolute Gasteiger partial charge is 0.491 e. The molecule has 2 aromatic rings. The minimum atomic E-state index is -0.659. The fraction of sp³-hybridized carbons (Fsp3) is 0.417. The zero-order chi connectivity index (χ0) is 21.6. The SMILES string of the molecule is CCOC(=O)C(Nc1ccc(C#N)cc1)c1cc(C(C)C)c(OC(C)C)cc1C. The highest BCUT2D eigenvalue weighted by Crippen LogP contribution is 2.34. The first-order valence-electron chi connectivity index (χ1n) is 10.0. The van der Waals surface area contributed by atoms with Crippen molar-refractivity contribution in [1.82, 2.24) is 0 Å². The normalized spacial score (nSPS) is 11.8. The molecule has 0 bridgehead atoms. The van der Waals surface area contributed by atoms with Gasteiger partial charge in [0, 0.05) is 5.69 Å². The molecule has 0 aliphatic carbocycles. The molecule has 0 spiro atoms. The number of ether oxygens (including phenoxy) is 2. The molecule has 0 saturated heterocycles. The second-order valence-electron chi connectivity index (χ2n) is 7.59. The topological polar surface area (TPSA) is 71.3 Å². The van der Waals surface area contributed by atoms with Gasteiger partial charge in [0.1, 0.15) is 5.75 Å². The van der Waals surface area contributed by atoms with E-state index in [-0.39, 0.29) is 18.0 Å². The van der Waals surface area contributed by atoms with Crippen molar-refractivity contribution in [2.24, 2.45) is 0 Å². The fourth-order valence-corrected chi connectivity index (χ4v) is 3.13. The summed E-state index contributed by atoms with van der Waals surface area (Å²) in [5.41, 5.74) is 4.17. The number of carbonyl (C=O) groups is 1. The first-order chi connectivity index (χ1) is 13.8. The van der Waals surface area contributed by atoms with Crippen LogP contribution in [0.25, 0.3) is 0 Å². The van der Waals surface area contributed by atoms with Gasteiger partial charge in [-0.3, -0.25) is 0 Å². The molecule has 0 aromatic heterocycles. The Morgan fingerprint density at radius 2 is 1.76 bits per heavy atom. The molecule has 2 aromatic carbocycles. The lowest BCUT2D eigenvalue weighted by Gasteiger charge is -2.24. The third kappa shape index (κ3) is 5.74. The van der Waals surface area contributed by atoms with Crippen LogP contribution in [0.1, 0.15) is 68.8 Å². The van der Waals surface area contributed by atoms with Crippen molar-refractivity contribution in [1.29, 1.82) is 5.26 Å². The van der Waals surface area contributed by atoms with Gasteiger partial charge in [0.2, 0.25) is 0 Å². The predicted octanol–water partition coefficient (Wildman–Crippen LogP) is 5.49. The number of hydrogen-bond acceptors (Lipinski definition) is 5. The van der Waals surface area contributed by atoms with Crippen molar-refractivity contribution in [2.45, 2.75) is 59.6 Å². The second-order valence-corrected chi connectivity index (χ2v) is 7.59. The van der Waals surface area contributed by atoms with Gasteiger partial charge in [0.05, 0.1) is 24.3 Å². The maximum atomic E-state index is 12.8. The molecule has 154 valence electrons. The number of nitrogens with one attached hydrogen (secondary N) is 1. The number of rotatable bonds is 8. The maximum absolute atomic E-state index is 12.8. The smallest absolute Gasteiger partial charge is 0.333 e. The first-order valence-corrected chi connectivity index (χ1v) is 10.0. The number of aryl methyl sites for hydroxylation is 1. The summed E-state index contributed by atoms with van der Waals surface area (Å²) in [6.45, 7) is 12.3. The van der Waals surface area contributed by atoms with Gasteiger partial charge in [-0.15, -0.1) is 0 Å². The van der Waals surface area contributed by atoms with E-state index >= 15 is 0 Å². The highest BCUT2D eigenvalue weighted by atomic mass is 16.5. The van der Waals surface area contributed by atoms with Crippen LogP contribution >= 0.6 is 0 Å². The summed E-state index contributed by atoms with van der Waals surface area (Å²) in [7, 11) is 0. The highest BCUT2D eigenvalue weighted by molar-refractivity contribution is 5.82. The van der Waals surface area contributed by atoms with Gasteiger partial charge in [0.15, 0.2) is 6.04 Å². The number of carbonyl (C=O) groups excluding carboxylic acids is 1. The first kappa shape index (κ1) is 22.3. The number of benzene rings is 2. The van der Waals surface area contributed by atoms with E-state index in [4.69, 9.17) is 14.7 Å². The lowest BCUT2D eigenvalue weighted by Crippen LogP contribution is -2.24. The van der Waals surface area contributed by atoms with E-state index in [2.05, 4.69) is 25.2 Å². The minimum Gasteiger partial charge on any atom is -0.491 e. The van der Waals surface area contributed by atoms with Crippen molar-refractivity contribution in [3.63, 3.8) is 0 Å². The van der Waals surface area contributed by atoms with Crippen molar-refractivity contribution < 1.29 is 14.3 Å². The van der Waals surface area contributed by atoms with E-state index in [9.17, 15) is 4.79 Å². The Balaban J connectivity index is 2.50. The van der Waals surface area contributed by atoms with E-state index in [1.807, 2.05) is 32.9 Å². The van der Waals surface area contributed by atoms with Crippen LogP contribution in [-0.4, -0.2) is 18.7 Å². The molecule has 0 aliphatic rings. The van der Waals surface area contributed by atoms with Gasteiger partial charge >= 0.3 is 5.97 Å². The summed E-state index contributed by atoms with van der Waals surface area (Å²) in [5, 5.41) is 12.3. The summed E-state index contributed by atoms with van der Waals surface area (Å²) in [6, 6.07) is 12.5. The summed E-state index contributed by atoms with van der Waals surface area (Å²) in [6.07, 6.45) is 0.0652. The molecule has 29 heavy (non-hydrogen) atoms. The standard InChI is InChI=1S/C24H30N2O3/c1-7-28-24(27)23(26-19-10-8-18(14-25)9-11-19)21-13-20(15(2)3)22(12-17(21)6)29-16(4)5/h8-13,15-16,23,26H,7H2,1-6H3. The Morgan fingerprint density at radius 3 is 2.28 bits per heavy atom. The molecule has 5 heteroatoms. The summed E-state index contributed by atoms with van der Waals surface area (Å²) < 4.78 is 11.3. The monoisotopic (exact) mass is 394 g/mol. The molecule has 0 radical (unpaired) electrons. The Labute approximate surface area is 173 Å². The predicted molar refractivity (Wildman–Crippen MR) is 115 cm³/mol. The van der Waals surface area contributed by atoms with Crippen LogP contribution in [0, 0.1) is 18.3 Å². The van der Waals surface area contributed by atoms with Crippen molar-refractivity contribution in [3.05, 3.63) is 58.7 Å². The third-order valence-corrected chi connectivity index (χ3v) is 4.54. The zero-order valence-corrected chi connectivity index (χ0v) is 18.1. The molecule has 0 aliphatic heterocycles. The van der Waals surface area contributed by atoms with Crippen LogP contribution in [0.2, 0.25) is 0 Å². The Morgan fingerprint density at radius 1 is 1.10 bits per heavy atom. The quantitative estimate of drug-likeness (QED) is 0.599. The average molecular weight is 395 g/mol. The molecule has 1 unspecified atom stereocenters. The summed E-state index contributed by atoms with van der Waals surface area (Å²) in [5.74, 6) is 0.741. The van der Waals surface area contributed by atoms with Crippen LogP contribution in [-0.2, 0) is 9.53 Å². The van der Waals surface area contributed by atoms with Crippen molar-refractivity contribution in [3.8, 4) is 11.8 Å². The lowest BCUT2D eigenvalue weighted by atomic mass is 9.92. The van der Waals surface area contributed by atoms with Crippen LogP contribution in [0.4, 0.5) is 5.69 Å². The Kier molecular flexibility index (Phi) is 7.67. The molecular weight excluding hydrogens is 364 g/mol. The lowest BCUT2D eigenvalue weighted by molar-refractivity contribution is -0.144. The summed E-state index contributed by atoms with van der Waals surface area (Å²) >= 11 is 0. The molecule has 0 amide bonds. The molecule has 1 N–H and O–H groups in total. The second kappa shape index (κ2) is 9.97. The molecule has 1 atom stereocenters. The molecular formula is C24H30N2O3. The Hall–Kier alpha value is -3.00. The van der Waals surface area contributed by atoms with Crippen LogP contribution in [0.3, 0.4) is 0 Å². The van der Waals surface area contributed by atoms with E-state index in [1.54, 1.807) is 31.2 Å². The molecule has 2 rings (SSSR count). The number of esters is 1. The van der Waals surface area contributed by atoms with Crippen LogP contribution < -0.4 is 10.1 Å². The highest BCUT2D eigenvalue weighted by Gasteiger charge is 2.26. The maximum Gasteiger partial charge on any atom is 0.333 e. The third-order valence-electron chi connectivity index (χ3n) is 4.54. The number of hydrogen-bond donors (Lipinski definition) is 1. The fourth-order valence-electron chi connectivity index (χ4n) is 3.13. The van der Waals surface area contributed by atoms with E-state index < -0.39 is 6.04 Å².